The Morgan fingerprint density at radius 2 is 1.72 bits per heavy atom. The van der Waals surface area contributed by atoms with Gasteiger partial charge in [-0.1, -0.05) is 6.10 Å². The number of rotatable bonds is 7. The summed E-state index contributed by atoms with van der Waals surface area (Å²) in [6, 6.07) is 0. The molecule has 0 aliphatic carbocycles. The van der Waals surface area contributed by atoms with Crippen LogP contribution in [0.4, 0.5) is 0 Å². The molecule has 0 aromatic rings. The molecule has 0 radical (unpaired) electrons. The molecule has 12 heteroatoms. The van der Waals surface area contributed by atoms with Crippen LogP contribution >= 0.6 is 7.82 Å². The smallest absolute Gasteiger partial charge is 0.851 e. The third-order valence-electron chi connectivity index (χ3n) is 1.56. The van der Waals surface area contributed by atoms with E-state index in [0.29, 0.717) is 0 Å². The zero-order chi connectivity index (χ0) is 12.9. The summed E-state index contributed by atoms with van der Waals surface area (Å²) in [5.41, 5.74) is 0. The molecule has 3 unspecified atom stereocenters. The Hall–Kier alpha value is 1.62. The van der Waals surface area contributed by atoms with Crippen molar-refractivity contribution in [1.29, 1.82) is 0 Å². The van der Waals surface area contributed by atoms with E-state index in [1.165, 1.54) is 0 Å². The van der Waals surface area contributed by atoms with Crippen molar-refractivity contribution in [2.75, 3.05) is 13.2 Å². The molecule has 0 fully saturated rings. The average Bonchev–Trinajstić information content (AvgIpc) is 2.21. The standard InChI is InChI=1S/C6H11O9P.2Na/c7-1-3(8)5(10)6(11)4(9)2-15-16(12,13)14;;/h3,5-8H,1-2H2,(H2,12,13,14);;/q-2;2*+1. The van der Waals surface area contributed by atoms with Crippen molar-refractivity contribution < 1.29 is 103 Å². The maximum Gasteiger partial charge on any atom is 1.00 e. The predicted octanol–water partition coefficient (Wildman–Crippen LogP) is -10.5. The molecule has 0 saturated carbocycles. The van der Waals surface area contributed by atoms with Crippen LogP contribution in [0.3, 0.4) is 0 Å². The van der Waals surface area contributed by atoms with Crippen LogP contribution in [0.1, 0.15) is 0 Å². The van der Waals surface area contributed by atoms with Crippen molar-refractivity contribution in [2.24, 2.45) is 0 Å². The molecule has 0 spiro atoms. The van der Waals surface area contributed by atoms with Crippen LogP contribution in [0.2, 0.25) is 0 Å². The van der Waals surface area contributed by atoms with Gasteiger partial charge in [0.2, 0.25) is 0 Å². The van der Waals surface area contributed by atoms with E-state index in [2.05, 4.69) is 4.52 Å². The fraction of sp³-hybridized carbons (Fsp3) is 0.833. The Kier molecular flexibility index (Phi) is 15.5. The Labute approximate surface area is 147 Å². The molecule has 0 aliphatic rings. The number of aliphatic hydroxyl groups excluding tert-OH is 2. The average molecular weight is 304 g/mol. The van der Waals surface area contributed by atoms with Gasteiger partial charge in [0.05, 0.1) is 12.7 Å². The number of phosphoric acid groups is 1. The second-order valence-electron chi connectivity index (χ2n) is 2.87. The first kappa shape index (κ1) is 24.6. The maximum absolute atomic E-state index is 11.0. The molecule has 96 valence electrons. The van der Waals surface area contributed by atoms with Gasteiger partial charge in [-0.25, -0.2) is 4.57 Å². The van der Waals surface area contributed by atoms with Crippen LogP contribution in [0, 0.1) is 0 Å². The van der Waals surface area contributed by atoms with Crippen LogP contribution in [0.15, 0.2) is 0 Å². The van der Waals surface area contributed by atoms with Crippen molar-refractivity contribution in [3.05, 3.63) is 0 Å². The minimum atomic E-state index is -4.89. The number of phosphoric ester groups is 1. The van der Waals surface area contributed by atoms with E-state index in [1.54, 1.807) is 0 Å². The normalized spacial score (nSPS) is 15.9. The number of carbonyl (C=O) groups excluding carboxylic acids is 1. The summed E-state index contributed by atoms with van der Waals surface area (Å²) in [4.78, 5) is 27.3. The fourth-order valence-electron chi connectivity index (χ4n) is 0.719. The SMILES string of the molecule is O=C(COP(=O)(O)O)C([O-])C([O-])C(O)CO.[Na+].[Na+]. The van der Waals surface area contributed by atoms with Gasteiger partial charge >= 0.3 is 66.9 Å². The predicted molar refractivity (Wildman–Crippen MR) is 43.7 cm³/mol. The molecule has 18 heavy (non-hydrogen) atoms. The number of Topliss-reactive ketones (excluding diaryl/α,β-unsaturated/α-hetero) is 1. The number of hydrogen-bond acceptors (Lipinski definition) is 7. The third-order valence-corrected chi connectivity index (χ3v) is 2.02. The monoisotopic (exact) mass is 304 g/mol. The molecule has 3 atom stereocenters. The summed E-state index contributed by atoms with van der Waals surface area (Å²) in [5.74, 6) is -1.41. The number of hydrogen-bond donors (Lipinski definition) is 4. The third kappa shape index (κ3) is 10.4. The number of carbonyl (C=O) groups is 1. The van der Waals surface area contributed by atoms with Gasteiger partial charge in [0.25, 0.3) is 0 Å². The van der Waals surface area contributed by atoms with Gasteiger partial charge in [-0.05, 0) is 0 Å². The molecule has 0 heterocycles. The van der Waals surface area contributed by atoms with Gasteiger partial charge in [0.15, 0.2) is 0 Å². The van der Waals surface area contributed by atoms with Crippen LogP contribution in [0.5, 0.6) is 0 Å². The fourth-order valence-corrected chi connectivity index (χ4v) is 1.01. The van der Waals surface area contributed by atoms with Crippen molar-refractivity contribution >= 4 is 13.6 Å². The number of aliphatic hydroxyl groups is 2. The molecular formula is C6H11Na2O9P. The van der Waals surface area contributed by atoms with Gasteiger partial charge in [-0.2, -0.15) is 0 Å². The molecule has 0 bridgehead atoms. The van der Waals surface area contributed by atoms with Crippen molar-refractivity contribution in [2.45, 2.75) is 18.3 Å². The minimum Gasteiger partial charge on any atom is -0.851 e. The van der Waals surface area contributed by atoms with Crippen LogP contribution in [-0.4, -0.2) is 57.3 Å². The van der Waals surface area contributed by atoms with E-state index in [-0.39, 0.29) is 59.1 Å². The van der Waals surface area contributed by atoms with E-state index in [1.807, 2.05) is 0 Å². The van der Waals surface area contributed by atoms with Crippen molar-refractivity contribution in [1.82, 2.24) is 0 Å². The summed E-state index contributed by atoms with van der Waals surface area (Å²) >= 11 is 0. The van der Waals surface area contributed by atoms with Gasteiger partial charge in [-0.3, -0.25) is 9.32 Å². The molecular weight excluding hydrogens is 293 g/mol. The van der Waals surface area contributed by atoms with Crippen LogP contribution in [0.25, 0.3) is 0 Å². The van der Waals surface area contributed by atoms with E-state index >= 15 is 0 Å². The molecule has 0 saturated heterocycles. The Bertz CT molecular complexity index is 282. The van der Waals surface area contributed by atoms with Crippen molar-refractivity contribution in [3.63, 3.8) is 0 Å². The number of ketones is 1. The van der Waals surface area contributed by atoms with E-state index < -0.39 is 45.1 Å². The van der Waals surface area contributed by atoms with Gasteiger partial charge in [0.1, 0.15) is 12.4 Å². The largest absolute Gasteiger partial charge is 1.00 e. The minimum absolute atomic E-state index is 0. The van der Waals surface area contributed by atoms with Crippen LogP contribution < -0.4 is 69.3 Å². The van der Waals surface area contributed by atoms with Crippen molar-refractivity contribution in [3.8, 4) is 0 Å². The summed E-state index contributed by atoms with van der Waals surface area (Å²) in [7, 11) is -4.89. The van der Waals surface area contributed by atoms with E-state index in [9.17, 15) is 19.6 Å². The Balaban J connectivity index is -0.00000112. The topological polar surface area (TPSA) is 170 Å². The summed E-state index contributed by atoms with van der Waals surface area (Å²) in [6.07, 6.45) is -6.70. The zero-order valence-corrected chi connectivity index (χ0v) is 14.8. The van der Waals surface area contributed by atoms with E-state index in [0.717, 1.165) is 0 Å². The molecule has 0 aromatic carbocycles. The Morgan fingerprint density at radius 3 is 2.06 bits per heavy atom. The quantitative estimate of drug-likeness (QED) is 0.263. The van der Waals surface area contributed by atoms with Gasteiger partial charge in [-0.15, -0.1) is 6.10 Å². The van der Waals surface area contributed by atoms with Gasteiger partial charge < -0.3 is 30.2 Å². The maximum atomic E-state index is 11.0. The molecule has 0 amide bonds. The first-order valence-corrected chi connectivity index (χ1v) is 5.55. The van der Waals surface area contributed by atoms with E-state index in [4.69, 9.17) is 20.0 Å². The molecule has 0 aliphatic heterocycles. The zero-order valence-electron chi connectivity index (χ0n) is 9.92. The summed E-state index contributed by atoms with van der Waals surface area (Å²) in [5, 5.41) is 39.0. The molecule has 0 rings (SSSR count). The molecule has 4 N–H and O–H groups in total. The molecule has 0 aromatic heterocycles. The summed E-state index contributed by atoms with van der Waals surface area (Å²) in [6.45, 7) is -2.21. The first-order chi connectivity index (χ1) is 7.19. The van der Waals surface area contributed by atoms with Gasteiger partial charge in [0, 0.05) is 0 Å². The van der Waals surface area contributed by atoms with Crippen LogP contribution in [-0.2, 0) is 13.9 Å². The Morgan fingerprint density at radius 1 is 1.28 bits per heavy atom. The second kappa shape index (κ2) is 11.3. The first-order valence-electron chi connectivity index (χ1n) is 4.02. The summed E-state index contributed by atoms with van der Waals surface area (Å²) < 4.78 is 13.9. The second-order valence-corrected chi connectivity index (χ2v) is 4.10. The molecule has 9 nitrogen and oxygen atoms in total.